The van der Waals surface area contributed by atoms with E-state index in [0.717, 1.165) is 0 Å². The van der Waals surface area contributed by atoms with Crippen molar-refractivity contribution in [1.82, 2.24) is 5.43 Å². The van der Waals surface area contributed by atoms with Crippen LogP contribution in [-0.2, 0) is 0 Å². The number of methoxy groups -OCH3 is 1. The van der Waals surface area contributed by atoms with E-state index in [1.165, 1.54) is 25.5 Å². The van der Waals surface area contributed by atoms with Crippen LogP contribution in [-0.4, -0.2) is 31.2 Å². The summed E-state index contributed by atoms with van der Waals surface area (Å²) in [5.41, 5.74) is 3.86. The maximum atomic E-state index is 12.7. The van der Waals surface area contributed by atoms with Crippen molar-refractivity contribution >= 4 is 24.1 Å². The van der Waals surface area contributed by atoms with E-state index in [4.69, 9.17) is 14.2 Å². The monoisotopic (exact) mass is 494 g/mol. The van der Waals surface area contributed by atoms with Crippen LogP contribution in [0.3, 0.4) is 0 Å². The Hall–Kier alpha value is -5.24. The zero-order valence-electron chi connectivity index (χ0n) is 19.8. The number of nitrogens with one attached hydrogen (secondary N) is 1. The molecule has 0 spiro atoms. The van der Waals surface area contributed by atoms with E-state index in [-0.39, 0.29) is 11.5 Å². The van der Waals surface area contributed by atoms with Gasteiger partial charge in [-0.05, 0) is 54.6 Å². The molecule has 1 amide bonds. The molecule has 0 saturated heterocycles. The Morgan fingerprint density at radius 1 is 0.676 bits per heavy atom. The van der Waals surface area contributed by atoms with Crippen molar-refractivity contribution in [2.75, 3.05) is 7.11 Å². The number of hydrogen-bond donors (Lipinski definition) is 1. The summed E-state index contributed by atoms with van der Waals surface area (Å²) in [5, 5.41) is 3.99. The summed E-state index contributed by atoms with van der Waals surface area (Å²) in [6, 6.07) is 28.0. The van der Waals surface area contributed by atoms with E-state index in [0.29, 0.717) is 28.0 Å². The van der Waals surface area contributed by atoms with Crippen LogP contribution in [0.1, 0.15) is 36.6 Å². The number of amides is 1. The highest BCUT2D eigenvalue weighted by Gasteiger charge is 2.15. The van der Waals surface area contributed by atoms with Crippen LogP contribution in [0.25, 0.3) is 0 Å². The first-order valence-corrected chi connectivity index (χ1v) is 11.2. The van der Waals surface area contributed by atoms with Crippen LogP contribution >= 0.6 is 0 Å². The Labute approximate surface area is 213 Å². The van der Waals surface area contributed by atoms with Gasteiger partial charge < -0.3 is 14.2 Å². The third-order valence-electron chi connectivity index (χ3n) is 5.12. The van der Waals surface area contributed by atoms with Gasteiger partial charge in [-0.3, -0.25) is 4.79 Å². The molecule has 4 aromatic rings. The molecule has 0 heterocycles. The van der Waals surface area contributed by atoms with E-state index in [9.17, 15) is 14.4 Å². The number of carbonyl (C=O) groups is 3. The SMILES string of the molecule is COc1cccc(C(=O)N/N=C\c2ccc(OC(=O)c3ccccc3)cc2OC(=O)c2ccccc2)c1. The van der Waals surface area contributed by atoms with Crippen LogP contribution in [0.5, 0.6) is 17.2 Å². The molecule has 8 nitrogen and oxygen atoms in total. The summed E-state index contributed by atoms with van der Waals surface area (Å²) in [6.07, 6.45) is 1.33. The Kier molecular flexibility index (Phi) is 8.03. The molecule has 0 aromatic heterocycles. The number of hydrogen-bond acceptors (Lipinski definition) is 7. The number of nitrogens with zero attached hydrogens (tertiary/aromatic N) is 1. The van der Waals surface area contributed by atoms with E-state index in [1.807, 2.05) is 0 Å². The fraction of sp³-hybridized carbons (Fsp3) is 0.0345. The molecule has 4 aromatic carbocycles. The van der Waals surface area contributed by atoms with Gasteiger partial charge in [0, 0.05) is 17.2 Å². The van der Waals surface area contributed by atoms with Gasteiger partial charge in [-0.25, -0.2) is 15.0 Å². The lowest BCUT2D eigenvalue weighted by molar-refractivity contribution is 0.0732. The first-order chi connectivity index (χ1) is 18.0. The summed E-state index contributed by atoms with van der Waals surface area (Å²) >= 11 is 0. The summed E-state index contributed by atoms with van der Waals surface area (Å²) in [7, 11) is 1.51. The first kappa shape index (κ1) is 24.9. The van der Waals surface area contributed by atoms with Gasteiger partial charge in [-0.2, -0.15) is 5.10 Å². The van der Waals surface area contributed by atoms with Crippen molar-refractivity contribution in [2.45, 2.75) is 0 Å². The average Bonchev–Trinajstić information content (AvgIpc) is 2.95. The molecular formula is C29H22N2O6. The number of carbonyl (C=O) groups excluding carboxylic acids is 3. The number of benzene rings is 4. The van der Waals surface area contributed by atoms with Crippen LogP contribution in [0.4, 0.5) is 0 Å². The first-order valence-electron chi connectivity index (χ1n) is 11.2. The molecular weight excluding hydrogens is 472 g/mol. The number of esters is 2. The molecule has 4 rings (SSSR count). The molecule has 37 heavy (non-hydrogen) atoms. The van der Waals surface area contributed by atoms with E-state index >= 15 is 0 Å². The average molecular weight is 495 g/mol. The molecule has 1 N–H and O–H groups in total. The molecule has 0 aliphatic heterocycles. The lowest BCUT2D eigenvalue weighted by atomic mass is 10.2. The number of ether oxygens (including phenoxy) is 3. The summed E-state index contributed by atoms with van der Waals surface area (Å²) in [6.45, 7) is 0. The molecule has 0 radical (unpaired) electrons. The standard InChI is InChI=1S/C29H22N2O6/c1-35-24-14-8-13-22(17-24)27(32)31-30-19-23-15-16-25(36-28(33)20-9-4-2-5-10-20)18-26(23)37-29(34)21-11-6-3-7-12-21/h2-19H,1H3,(H,31,32)/b30-19-. The van der Waals surface area contributed by atoms with E-state index in [1.54, 1.807) is 91.0 Å². The van der Waals surface area contributed by atoms with Crippen LogP contribution in [0.2, 0.25) is 0 Å². The highest BCUT2D eigenvalue weighted by molar-refractivity contribution is 5.96. The van der Waals surface area contributed by atoms with Crippen LogP contribution < -0.4 is 19.6 Å². The van der Waals surface area contributed by atoms with Crippen LogP contribution in [0.15, 0.2) is 108 Å². The molecule has 0 atom stereocenters. The van der Waals surface area contributed by atoms with Crippen molar-refractivity contribution in [3.63, 3.8) is 0 Å². The van der Waals surface area contributed by atoms with Gasteiger partial charge in [0.1, 0.15) is 17.2 Å². The Morgan fingerprint density at radius 2 is 1.30 bits per heavy atom. The number of hydrazone groups is 1. The van der Waals surface area contributed by atoms with Gasteiger partial charge in [0.2, 0.25) is 0 Å². The maximum Gasteiger partial charge on any atom is 0.343 e. The minimum atomic E-state index is -0.609. The quantitative estimate of drug-likeness (QED) is 0.162. The molecule has 0 fully saturated rings. The Balaban J connectivity index is 1.55. The van der Waals surface area contributed by atoms with Crippen molar-refractivity contribution < 1.29 is 28.6 Å². The summed E-state index contributed by atoms with van der Waals surface area (Å²) in [4.78, 5) is 37.6. The predicted molar refractivity (Wildman–Crippen MR) is 137 cm³/mol. The highest BCUT2D eigenvalue weighted by atomic mass is 16.5. The molecule has 0 aliphatic rings. The minimum absolute atomic E-state index is 0.0894. The fourth-order valence-electron chi connectivity index (χ4n) is 3.24. The molecule has 0 saturated carbocycles. The number of rotatable bonds is 8. The second-order valence-electron chi connectivity index (χ2n) is 7.64. The van der Waals surface area contributed by atoms with Crippen molar-refractivity contribution in [2.24, 2.45) is 5.10 Å². The molecule has 0 aliphatic carbocycles. The normalized spacial score (nSPS) is 10.5. The molecule has 8 heteroatoms. The van der Waals surface area contributed by atoms with Gasteiger partial charge in [0.15, 0.2) is 0 Å². The second kappa shape index (κ2) is 11.9. The smallest absolute Gasteiger partial charge is 0.343 e. The van der Waals surface area contributed by atoms with Gasteiger partial charge in [-0.1, -0.05) is 42.5 Å². The van der Waals surface area contributed by atoms with Crippen molar-refractivity contribution in [3.05, 3.63) is 125 Å². The second-order valence-corrected chi connectivity index (χ2v) is 7.64. The van der Waals surface area contributed by atoms with Crippen LogP contribution in [0, 0.1) is 0 Å². The minimum Gasteiger partial charge on any atom is -0.497 e. The predicted octanol–water partition coefficient (Wildman–Crippen LogP) is 4.90. The van der Waals surface area contributed by atoms with Gasteiger partial charge in [0.25, 0.3) is 5.91 Å². The zero-order chi connectivity index (χ0) is 26.0. The molecule has 0 unspecified atom stereocenters. The Bertz CT molecular complexity index is 1440. The van der Waals surface area contributed by atoms with Gasteiger partial charge in [0.05, 0.1) is 24.5 Å². The zero-order valence-corrected chi connectivity index (χ0v) is 19.8. The lowest BCUT2D eigenvalue weighted by Crippen LogP contribution is -2.17. The third kappa shape index (κ3) is 6.67. The summed E-state index contributed by atoms with van der Waals surface area (Å²) in [5.74, 6) is -0.831. The summed E-state index contributed by atoms with van der Waals surface area (Å²) < 4.78 is 16.2. The van der Waals surface area contributed by atoms with Gasteiger partial charge in [-0.15, -0.1) is 0 Å². The van der Waals surface area contributed by atoms with Crippen molar-refractivity contribution in [3.8, 4) is 17.2 Å². The van der Waals surface area contributed by atoms with Crippen molar-refractivity contribution in [1.29, 1.82) is 0 Å². The van der Waals surface area contributed by atoms with E-state index < -0.39 is 17.8 Å². The molecule has 0 bridgehead atoms. The lowest BCUT2D eigenvalue weighted by Gasteiger charge is -2.10. The largest absolute Gasteiger partial charge is 0.497 e. The van der Waals surface area contributed by atoms with Gasteiger partial charge >= 0.3 is 11.9 Å². The fourth-order valence-corrected chi connectivity index (χ4v) is 3.24. The molecule has 184 valence electrons. The van der Waals surface area contributed by atoms with E-state index in [2.05, 4.69) is 10.5 Å². The third-order valence-corrected chi connectivity index (χ3v) is 5.12. The Morgan fingerprint density at radius 3 is 1.95 bits per heavy atom. The topological polar surface area (TPSA) is 103 Å². The highest BCUT2D eigenvalue weighted by Crippen LogP contribution is 2.26. The maximum absolute atomic E-state index is 12.7.